The molecule has 0 aliphatic rings. The number of rotatable bonds is 62. The number of aliphatic hydroxyl groups is 2. The van der Waals surface area contributed by atoms with Crippen molar-refractivity contribution in [3.8, 4) is 0 Å². The maximum absolute atomic E-state index is 12.5. The number of hydrogen-bond donors (Lipinski definition) is 3. The number of nitrogens with one attached hydrogen (secondary N) is 1. The first-order valence-corrected chi connectivity index (χ1v) is 33.8. The number of carbonyl (C=O) groups is 1. The number of carbonyl (C=O) groups excluding carboxylic acids is 1. The van der Waals surface area contributed by atoms with Crippen molar-refractivity contribution in [3.05, 3.63) is 85.1 Å². The van der Waals surface area contributed by atoms with E-state index in [1.807, 2.05) is 6.08 Å². The molecule has 0 radical (unpaired) electrons. The molecular weight excluding hydrogens is 927 g/mol. The van der Waals surface area contributed by atoms with Crippen LogP contribution in [-0.4, -0.2) is 34.9 Å². The van der Waals surface area contributed by atoms with Gasteiger partial charge in [-0.1, -0.05) is 343 Å². The van der Waals surface area contributed by atoms with Crippen LogP contribution in [0, 0.1) is 0 Å². The summed E-state index contributed by atoms with van der Waals surface area (Å²) in [5, 5.41) is 23.2. The van der Waals surface area contributed by atoms with Gasteiger partial charge in [0.1, 0.15) is 0 Å². The van der Waals surface area contributed by atoms with E-state index in [9.17, 15) is 15.0 Å². The van der Waals surface area contributed by atoms with Crippen molar-refractivity contribution in [1.29, 1.82) is 0 Å². The quantitative estimate of drug-likeness (QED) is 0.0420. The van der Waals surface area contributed by atoms with Crippen molar-refractivity contribution in [1.82, 2.24) is 5.32 Å². The fourth-order valence-corrected chi connectivity index (χ4v) is 10.3. The molecule has 4 nitrogen and oxygen atoms in total. The average Bonchev–Trinajstić information content (AvgIpc) is 3.42. The van der Waals surface area contributed by atoms with Gasteiger partial charge in [-0.3, -0.25) is 4.79 Å². The fourth-order valence-electron chi connectivity index (χ4n) is 10.3. The zero-order valence-electron chi connectivity index (χ0n) is 51.0. The van der Waals surface area contributed by atoms with Crippen LogP contribution in [0.3, 0.4) is 0 Å². The van der Waals surface area contributed by atoms with Crippen molar-refractivity contribution in [2.45, 2.75) is 360 Å². The van der Waals surface area contributed by atoms with Crippen LogP contribution in [0.5, 0.6) is 0 Å². The van der Waals surface area contributed by atoms with Crippen LogP contribution in [0.15, 0.2) is 85.1 Å². The molecule has 4 heteroatoms. The second-order valence-electron chi connectivity index (χ2n) is 22.8. The summed E-state index contributed by atoms with van der Waals surface area (Å²) in [5.74, 6) is -0.0732. The molecular formula is C72H131NO3. The molecule has 0 rings (SSSR count). The van der Waals surface area contributed by atoms with Crippen LogP contribution in [-0.2, 0) is 4.79 Å². The minimum absolute atomic E-state index is 0.0732. The van der Waals surface area contributed by atoms with Crippen molar-refractivity contribution in [3.63, 3.8) is 0 Å². The molecule has 3 N–H and O–H groups in total. The van der Waals surface area contributed by atoms with Gasteiger partial charge in [-0.05, 0) is 83.5 Å². The average molecular weight is 1060 g/mol. The molecule has 76 heavy (non-hydrogen) atoms. The maximum Gasteiger partial charge on any atom is 0.220 e. The molecule has 1 amide bonds. The standard InChI is InChI=1S/C72H131NO3/c1-3-5-7-9-11-13-15-17-19-21-23-25-27-29-31-32-33-34-35-36-37-38-39-40-42-44-46-48-50-52-54-56-58-60-62-64-66-68-72(76)73-70(69-74)71(75)67-65-63-61-59-57-55-53-51-49-47-45-43-41-30-28-26-24-22-20-18-16-14-12-10-8-6-4-2/h5,7,11,13,17,19,23,25,49,51,57,59,65,67,70-71,74-75H,3-4,6,8-10,12,14-16,18,20-22,24,26-48,50,52-56,58,60-64,66,68-69H2,1-2H3,(H,73,76)/b7-5-,13-11-,19-17-,25-23-,51-49+,59-57+,67-65+. The summed E-state index contributed by atoms with van der Waals surface area (Å²) in [4.78, 5) is 12.5. The van der Waals surface area contributed by atoms with Crippen LogP contribution >= 0.6 is 0 Å². The van der Waals surface area contributed by atoms with E-state index in [0.29, 0.717) is 6.42 Å². The van der Waals surface area contributed by atoms with Gasteiger partial charge in [0.25, 0.3) is 0 Å². The van der Waals surface area contributed by atoms with Crippen LogP contribution in [0.4, 0.5) is 0 Å². The number of unbranched alkanes of at least 4 members (excludes halogenated alkanes) is 43. The normalized spacial score (nSPS) is 13.3. The minimum atomic E-state index is -0.874. The van der Waals surface area contributed by atoms with Gasteiger partial charge in [-0.25, -0.2) is 0 Å². The van der Waals surface area contributed by atoms with Gasteiger partial charge in [0.05, 0.1) is 18.8 Å². The third kappa shape index (κ3) is 62.4. The Morgan fingerprint density at radius 1 is 0.329 bits per heavy atom. The molecule has 0 spiro atoms. The van der Waals surface area contributed by atoms with Gasteiger partial charge in [0.15, 0.2) is 0 Å². The Morgan fingerprint density at radius 3 is 0.921 bits per heavy atom. The SMILES string of the molecule is CC/C=C\C/C=C\C/C=C\C/C=C\CCCCCCCCCCCCCCCCCCCCCCCCCCC(=O)NC(CO)C(O)/C=C/CC/C=C/CC/C=C/CCCCCCCCCCCCCCCCCCC. The molecule has 442 valence electrons. The first-order valence-electron chi connectivity index (χ1n) is 33.8. The number of amides is 1. The number of aliphatic hydroxyl groups excluding tert-OH is 2. The number of hydrogen-bond acceptors (Lipinski definition) is 3. The molecule has 0 aromatic heterocycles. The van der Waals surface area contributed by atoms with Crippen molar-refractivity contribution < 1.29 is 15.0 Å². The van der Waals surface area contributed by atoms with Crippen LogP contribution in [0.25, 0.3) is 0 Å². The zero-order chi connectivity index (χ0) is 54.8. The van der Waals surface area contributed by atoms with Crippen molar-refractivity contribution in [2.75, 3.05) is 6.61 Å². The van der Waals surface area contributed by atoms with Crippen molar-refractivity contribution >= 4 is 5.91 Å². The first kappa shape index (κ1) is 73.6. The van der Waals surface area contributed by atoms with Gasteiger partial charge < -0.3 is 15.5 Å². The Kier molecular flexibility index (Phi) is 64.7. The largest absolute Gasteiger partial charge is 0.394 e. The highest BCUT2D eigenvalue weighted by molar-refractivity contribution is 5.76. The molecule has 0 fully saturated rings. The summed E-state index contributed by atoms with van der Waals surface area (Å²) in [6, 6.07) is -0.649. The minimum Gasteiger partial charge on any atom is -0.394 e. The third-order valence-electron chi connectivity index (χ3n) is 15.3. The summed E-state index contributed by atoms with van der Waals surface area (Å²) in [5.41, 5.74) is 0. The monoisotopic (exact) mass is 1060 g/mol. The molecule has 2 unspecified atom stereocenters. The molecule has 0 aromatic rings. The highest BCUT2D eigenvalue weighted by Crippen LogP contribution is 2.18. The van der Waals surface area contributed by atoms with Gasteiger partial charge >= 0.3 is 0 Å². The summed E-state index contributed by atoms with van der Waals surface area (Å²) in [6.07, 6.45) is 98.1. The molecule has 2 atom stereocenters. The lowest BCUT2D eigenvalue weighted by Gasteiger charge is -2.19. The lowest BCUT2D eigenvalue weighted by Crippen LogP contribution is -2.45. The maximum atomic E-state index is 12.5. The topological polar surface area (TPSA) is 69.6 Å². The Bertz CT molecular complexity index is 1340. The Hall–Kier alpha value is -2.43. The molecule has 0 saturated heterocycles. The van der Waals surface area contributed by atoms with Gasteiger partial charge in [-0.15, -0.1) is 0 Å². The second kappa shape index (κ2) is 66.8. The van der Waals surface area contributed by atoms with E-state index in [1.54, 1.807) is 6.08 Å². The zero-order valence-corrected chi connectivity index (χ0v) is 51.0. The Balaban J connectivity index is 3.48. The van der Waals surface area contributed by atoms with E-state index < -0.39 is 12.1 Å². The molecule has 0 aliphatic heterocycles. The first-order chi connectivity index (χ1) is 37.7. The fraction of sp³-hybridized carbons (Fsp3) is 0.792. The highest BCUT2D eigenvalue weighted by Gasteiger charge is 2.18. The van der Waals surface area contributed by atoms with Crippen LogP contribution < -0.4 is 5.32 Å². The number of allylic oxidation sites excluding steroid dienone is 13. The van der Waals surface area contributed by atoms with Crippen LogP contribution in [0.2, 0.25) is 0 Å². The predicted octanol–water partition coefficient (Wildman–Crippen LogP) is 23.0. The predicted molar refractivity (Wildman–Crippen MR) is 340 cm³/mol. The van der Waals surface area contributed by atoms with Crippen LogP contribution in [0.1, 0.15) is 348 Å². The molecule has 0 heterocycles. The molecule has 0 bridgehead atoms. The smallest absolute Gasteiger partial charge is 0.220 e. The molecule has 0 aliphatic carbocycles. The summed E-state index contributed by atoms with van der Waals surface area (Å²) in [7, 11) is 0. The van der Waals surface area contributed by atoms with E-state index in [-0.39, 0.29) is 12.5 Å². The summed E-state index contributed by atoms with van der Waals surface area (Å²) >= 11 is 0. The third-order valence-corrected chi connectivity index (χ3v) is 15.3. The van der Waals surface area contributed by atoms with Gasteiger partial charge in [-0.2, -0.15) is 0 Å². The lowest BCUT2D eigenvalue weighted by atomic mass is 10.0. The lowest BCUT2D eigenvalue weighted by molar-refractivity contribution is -0.123. The van der Waals surface area contributed by atoms with Gasteiger partial charge in [0, 0.05) is 6.42 Å². The molecule has 0 aromatic carbocycles. The van der Waals surface area contributed by atoms with E-state index in [4.69, 9.17) is 0 Å². The van der Waals surface area contributed by atoms with E-state index in [0.717, 1.165) is 64.2 Å². The van der Waals surface area contributed by atoms with E-state index >= 15 is 0 Å². The van der Waals surface area contributed by atoms with Gasteiger partial charge in [0.2, 0.25) is 5.91 Å². The Morgan fingerprint density at radius 2 is 0.592 bits per heavy atom. The van der Waals surface area contributed by atoms with E-state index in [1.165, 1.54) is 263 Å². The summed E-state index contributed by atoms with van der Waals surface area (Å²) < 4.78 is 0. The summed E-state index contributed by atoms with van der Waals surface area (Å²) in [6.45, 7) is 4.21. The molecule has 0 saturated carbocycles. The highest BCUT2D eigenvalue weighted by atomic mass is 16.3. The Labute approximate surface area is 475 Å². The van der Waals surface area contributed by atoms with E-state index in [2.05, 4.69) is 92.1 Å². The second-order valence-corrected chi connectivity index (χ2v) is 22.8. The van der Waals surface area contributed by atoms with Crippen molar-refractivity contribution in [2.24, 2.45) is 0 Å².